The Morgan fingerprint density at radius 3 is 2.90 bits per heavy atom. The van der Waals surface area contributed by atoms with Crippen LogP contribution in [0.15, 0.2) is 24.3 Å². The number of carbonyl (C=O) groups excluding carboxylic acids is 2. The number of piperazine rings is 1. The zero-order chi connectivity index (χ0) is 14.7. The van der Waals surface area contributed by atoms with Crippen molar-refractivity contribution in [1.29, 1.82) is 0 Å². The van der Waals surface area contributed by atoms with E-state index in [-0.39, 0.29) is 24.0 Å². The molecule has 20 heavy (non-hydrogen) atoms. The highest BCUT2D eigenvalue weighted by Crippen LogP contribution is 2.22. The highest BCUT2D eigenvalue weighted by atomic mass is 16.6. The molecule has 0 radical (unpaired) electrons. The molecule has 7 heteroatoms. The van der Waals surface area contributed by atoms with Crippen LogP contribution in [0.5, 0.6) is 0 Å². The molecule has 1 N–H and O–H groups in total. The average molecular weight is 277 g/mol. The molecule has 1 aromatic carbocycles. The summed E-state index contributed by atoms with van der Waals surface area (Å²) in [5.41, 5.74) is 0.536. The van der Waals surface area contributed by atoms with Crippen LogP contribution < -0.4 is 5.32 Å². The third-order valence-corrected chi connectivity index (χ3v) is 3.30. The second-order valence-electron chi connectivity index (χ2n) is 4.68. The first-order valence-corrected chi connectivity index (χ1v) is 6.29. The topological polar surface area (TPSA) is 92.6 Å². The molecule has 1 fully saturated rings. The fraction of sp³-hybridized carbons (Fsp3) is 0.385. The summed E-state index contributed by atoms with van der Waals surface area (Å²) in [6.07, 6.45) is 0. The molecule has 1 unspecified atom stereocenters. The molecule has 1 aliphatic rings. The molecule has 1 aromatic rings. The SMILES string of the molecule is CC(C(=O)N1CCNC(=O)C1)c1cccc([N+](=O)[O-])c1. The van der Waals surface area contributed by atoms with Gasteiger partial charge in [0, 0.05) is 25.2 Å². The minimum atomic E-state index is -0.513. The lowest BCUT2D eigenvalue weighted by molar-refractivity contribution is -0.384. The van der Waals surface area contributed by atoms with Crippen LogP contribution in [0.1, 0.15) is 18.4 Å². The summed E-state index contributed by atoms with van der Waals surface area (Å²) in [5.74, 6) is -0.892. The Balaban J connectivity index is 2.15. The van der Waals surface area contributed by atoms with Gasteiger partial charge in [0.1, 0.15) is 0 Å². The summed E-state index contributed by atoms with van der Waals surface area (Å²) in [6.45, 7) is 2.63. The minimum absolute atomic E-state index is 0.0398. The number of nitrogens with one attached hydrogen (secondary N) is 1. The zero-order valence-electron chi connectivity index (χ0n) is 11.0. The van der Waals surface area contributed by atoms with Crippen molar-refractivity contribution in [3.8, 4) is 0 Å². The number of amides is 2. The lowest BCUT2D eigenvalue weighted by Gasteiger charge is -2.29. The van der Waals surface area contributed by atoms with Crippen molar-refractivity contribution in [1.82, 2.24) is 10.2 Å². The highest BCUT2D eigenvalue weighted by molar-refractivity contribution is 5.89. The van der Waals surface area contributed by atoms with Crippen LogP contribution >= 0.6 is 0 Å². The number of hydrogen-bond donors (Lipinski definition) is 1. The maximum atomic E-state index is 12.3. The number of nitro benzene ring substituents is 1. The van der Waals surface area contributed by atoms with E-state index in [0.717, 1.165) is 0 Å². The second-order valence-corrected chi connectivity index (χ2v) is 4.68. The van der Waals surface area contributed by atoms with Gasteiger partial charge in [-0.15, -0.1) is 0 Å². The molecule has 0 aromatic heterocycles. The maximum absolute atomic E-state index is 12.3. The summed E-state index contributed by atoms with van der Waals surface area (Å²) >= 11 is 0. The van der Waals surface area contributed by atoms with E-state index in [0.29, 0.717) is 18.7 Å². The summed E-state index contributed by atoms with van der Waals surface area (Å²) in [4.78, 5) is 35.3. The predicted octanol–water partition coefficient (Wildman–Crippen LogP) is 0.657. The molecule has 7 nitrogen and oxygen atoms in total. The van der Waals surface area contributed by atoms with Gasteiger partial charge in [-0.05, 0) is 12.5 Å². The standard InChI is InChI=1S/C13H15N3O4/c1-9(10-3-2-4-11(7-10)16(19)20)13(18)15-6-5-14-12(17)8-15/h2-4,7,9H,5-6,8H2,1H3,(H,14,17). The van der Waals surface area contributed by atoms with Gasteiger partial charge in [0.25, 0.3) is 5.69 Å². The van der Waals surface area contributed by atoms with Crippen molar-refractivity contribution in [2.24, 2.45) is 0 Å². The normalized spacial score (nSPS) is 16.4. The molecule has 0 aliphatic carbocycles. The van der Waals surface area contributed by atoms with Crippen LogP contribution in [0.3, 0.4) is 0 Å². The molecular weight excluding hydrogens is 262 g/mol. The van der Waals surface area contributed by atoms with E-state index in [2.05, 4.69) is 5.32 Å². The van der Waals surface area contributed by atoms with Crippen molar-refractivity contribution in [2.75, 3.05) is 19.6 Å². The summed E-state index contributed by atoms with van der Waals surface area (Å²) in [5, 5.41) is 13.4. The largest absolute Gasteiger partial charge is 0.353 e. The monoisotopic (exact) mass is 277 g/mol. The Labute approximate surface area is 115 Å². The first kappa shape index (κ1) is 14.0. The van der Waals surface area contributed by atoms with Crippen LogP contribution in [0.2, 0.25) is 0 Å². The van der Waals surface area contributed by atoms with E-state index >= 15 is 0 Å². The number of rotatable bonds is 3. The van der Waals surface area contributed by atoms with Gasteiger partial charge in [0.2, 0.25) is 11.8 Å². The molecule has 2 rings (SSSR count). The van der Waals surface area contributed by atoms with Gasteiger partial charge in [-0.2, -0.15) is 0 Å². The van der Waals surface area contributed by atoms with E-state index in [4.69, 9.17) is 0 Å². The van der Waals surface area contributed by atoms with Crippen molar-refractivity contribution in [3.05, 3.63) is 39.9 Å². The maximum Gasteiger partial charge on any atom is 0.269 e. The number of nitro groups is 1. The lowest BCUT2D eigenvalue weighted by Crippen LogP contribution is -2.50. The number of non-ortho nitro benzene ring substituents is 1. The fourth-order valence-corrected chi connectivity index (χ4v) is 2.15. The van der Waals surface area contributed by atoms with Crippen LogP contribution in [0.25, 0.3) is 0 Å². The fourth-order valence-electron chi connectivity index (χ4n) is 2.15. The molecule has 0 saturated carbocycles. The number of nitrogens with zero attached hydrogens (tertiary/aromatic N) is 2. The van der Waals surface area contributed by atoms with E-state index < -0.39 is 10.8 Å². The summed E-state index contributed by atoms with van der Waals surface area (Å²) in [6, 6.07) is 6.02. The molecule has 0 spiro atoms. The van der Waals surface area contributed by atoms with E-state index in [1.165, 1.54) is 17.0 Å². The van der Waals surface area contributed by atoms with Gasteiger partial charge >= 0.3 is 0 Å². The molecule has 2 amide bonds. The van der Waals surface area contributed by atoms with E-state index in [9.17, 15) is 19.7 Å². The molecule has 1 heterocycles. The lowest BCUT2D eigenvalue weighted by atomic mass is 9.99. The molecule has 106 valence electrons. The second kappa shape index (κ2) is 5.68. The first-order chi connectivity index (χ1) is 9.49. The van der Waals surface area contributed by atoms with Crippen molar-refractivity contribution in [2.45, 2.75) is 12.8 Å². The van der Waals surface area contributed by atoms with Crippen molar-refractivity contribution >= 4 is 17.5 Å². The Morgan fingerprint density at radius 2 is 2.25 bits per heavy atom. The number of hydrogen-bond acceptors (Lipinski definition) is 4. The molecular formula is C13H15N3O4. The van der Waals surface area contributed by atoms with E-state index in [1.54, 1.807) is 19.1 Å². The first-order valence-electron chi connectivity index (χ1n) is 6.29. The third kappa shape index (κ3) is 2.93. The van der Waals surface area contributed by atoms with Gasteiger partial charge in [0.05, 0.1) is 17.4 Å². The van der Waals surface area contributed by atoms with Crippen LogP contribution in [-0.2, 0) is 9.59 Å². The summed E-state index contributed by atoms with van der Waals surface area (Å²) < 4.78 is 0. The van der Waals surface area contributed by atoms with Gasteiger partial charge in [-0.1, -0.05) is 12.1 Å². The summed E-state index contributed by atoms with van der Waals surface area (Å²) in [7, 11) is 0. The smallest absolute Gasteiger partial charge is 0.269 e. The van der Waals surface area contributed by atoms with E-state index in [1.807, 2.05) is 0 Å². The van der Waals surface area contributed by atoms with Crippen LogP contribution in [0.4, 0.5) is 5.69 Å². The van der Waals surface area contributed by atoms with Gasteiger partial charge in [-0.3, -0.25) is 19.7 Å². The average Bonchev–Trinajstić information content (AvgIpc) is 2.45. The Kier molecular flexibility index (Phi) is 3.97. The number of benzene rings is 1. The minimum Gasteiger partial charge on any atom is -0.353 e. The van der Waals surface area contributed by atoms with Crippen LogP contribution in [-0.4, -0.2) is 41.3 Å². The van der Waals surface area contributed by atoms with Crippen molar-refractivity contribution < 1.29 is 14.5 Å². The zero-order valence-corrected chi connectivity index (χ0v) is 11.0. The Hall–Kier alpha value is -2.44. The predicted molar refractivity (Wildman–Crippen MR) is 71.1 cm³/mol. The molecule has 0 bridgehead atoms. The Morgan fingerprint density at radius 1 is 1.50 bits per heavy atom. The van der Waals surface area contributed by atoms with Crippen LogP contribution in [0, 0.1) is 10.1 Å². The van der Waals surface area contributed by atoms with Gasteiger partial charge in [-0.25, -0.2) is 0 Å². The van der Waals surface area contributed by atoms with Gasteiger partial charge in [0.15, 0.2) is 0 Å². The number of carbonyl (C=O) groups is 2. The Bertz CT molecular complexity index is 558. The third-order valence-electron chi connectivity index (χ3n) is 3.30. The quantitative estimate of drug-likeness (QED) is 0.648. The van der Waals surface area contributed by atoms with Crippen molar-refractivity contribution in [3.63, 3.8) is 0 Å². The molecule has 1 atom stereocenters. The molecule has 1 aliphatic heterocycles. The highest BCUT2D eigenvalue weighted by Gasteiger charge is 2.26. The van der Waals surface area contributed by atoms with Gasteiger partial charge < -0.3 is 10.2 Å². The molecule has 1 saturated heterocycles.